The number of aliphatic hydroxyl groups is 2. The number of ketones is 3. The van der Waals surface area contributed by atoms with Gasteiger partial charge in [-0.1, -0.05) is 92.7 Å². The predicted octanol–water partition coefficient (Wildman–Crippen LogP) is 5.32. The van der Waals surface area contributed by atoms with Crippen molar-refractivity contribution >= 4 is 47.1 Å². The first-order valence-electron chi connectivity index (χ1n) is 23.1. The minimum Gasteiger partial charge on any atom is -0.455 e. The molecule has 3 unspecified atom stereocenters. The zero-order chi connectivity index (χ0) is 50.2. The number of nitrogens with one attached hydrogen (secondary N) is 1. The Hall–Kier alpha value is -6.36. The van der Waals surface area contributed by atoms with E-state index in [-0.39, 0.29) is 47.5 Å². The van der Waals surface area contributed by atoms with Gasteiger partial charge in [-0.3, -0.25) is 28.8 Å². The van der Waals surface area contributed by atoms with E-state index in [0.717, 1.165) is 6.92 Å². The number of hydrogen-bond donors (Lipinski definition) is 3. The standard InChI is InChI=1S/C53H59NO15/c1-29(55)23-24-41(60)68-45(43(34-19-13-9-14-20-34)54-48(62)35-21-15-10-16-22-35)49(63)67-38-27-53(64)36(25-37(58)33-17-11-8-12-18-33)46-51(7,39(59)26-40-52(46,28-65-40)69-32(4)57)47(61)44(66-31(3)56)42(30(38)2)50(53,5)6/h8-22,36,38-40,43-46,59,64H,23-28H2,1-7H3,(H,54,62)/t36?,38-,39-,40?,43-,44+,45+,46?,51+,52-,53+/m0/s1. The molecule has 3 fully saturated rings. The average Bonchev–Trinajstić information content (AvgIpc) is 3.30. The average molecular weight is 950 g/mol. The van der Waals surface area contributed by atoms with E-state index in [1.807, 2.05) is 0 Å². The van der Waals surface area contributed by atoms with E-state index >= 15 is 9.59 Å². The fourth-order valence-electron chi connectivity index (χ4n) is 11.4. The summed E-state index contributed by atoms with van der Waals surface area (Å²) in [5, 5.41) is 29.1. The van der Waals surface area contributed by atoms with Crippen LogP contribution >= 0.6 is 0 Å². The van der Waals surface area contributed by atoms with E-state index in [9.17, 15) is 39.0 Å². The maximum Gasteiger partial charge on any atom is 0.350 e. The number of esters is 4. The molecule has 16 nitrogen and oxygen atoms in total. The van der Waals surface area contributed by atoms with E-state index in [1.54, 1.807) is 105 Å². The first kappa shape index (κ1) is 50.5. The summed E-state index contributed by atoms with van der Waals surface area (Å²) in [4.78, 5) is 111. The Balaban J connectivity index is 1.42. The molecule has 3 N–H and O–H groups in total. The number of carbonyl (C=O) groups excluding carboxylic acids is 8. The van der Waals surface area contributed by atoms with Crippen molar-refractivity contribution in [1.29, 1.82) is 0 Å². The molecule has 1 heterocycles. The summed E-state index contributed by atoms with van der Waals surface area (Å²) in [6.07, 6.45) is -9.57. The smallest absolute Gasteiger partial charge is 0.350 e. The van der Waals surface area contributed by atoms with E-state index in [1.165, 1.54) is 27.7 Å². The fraction of sp³-hybridized carbons (Fsp3) is 0.472. The largest absolute Gasteiger partial charge is 0.455 e. The molecule has 3 aromatic rings. The van der Waals surface area contributed by atoms with Crippen LogP contribution in [0.1, 0.15) is 113 Å². The Bertz CT molecular complexity index is 2540. The summed E-state index contributed by atoms with van der Waals surface area (Å²) in [5.74, 6) is -8.84. The molecule has 2 saturated carbocycles. The van der Waals surface area contributed by atoms with Gasteiger partial charge in [-0.05, 0) is 49.6 Å². The van der Waals surface area contributed by atoms with Gasteiger partial charge in [0.2, 0.25) is 6.10 Å². The molecule has 1 saturated heterocycles. The minimum absolute atomic E-state index is 0.0267. The van der Waals surface area contributed by atoms with Crippen molar-refractivity contribution in [2.45, 2.75) is 128 Å². The second-order valence-corrected chi connectivity index (χ2v) is 19.4. The van der Waals surface area contributed by atoms with E-state index in [2.05, 4.69) is 5.32 Å². The zero-order valence-electron chi connectivity index (χ0n) is 39.7. The van der Waals surface area contributed by atoms with Gasteiger partial charge < -0.3 is 44.0 Å². The summed E-state index contributed by atoms with van der Waals surface area (Å²) in [6.45, 7) is 9.53. The number of amides is 1. The topological polar surface area (TPSA) is 235 Å². The second-order valence-electron chi connectivity index (χ2n) is 19.4. The molecule has 2 bridgehead atoms. The predicted molar refractivity (Wildman–Crippen MR) is 245 cm³/mol. The molecule has 69 heavy (non-hydrogen) atoms. The van der Waals surface area contributed by atoms with Gasteiger partial charge in [0.05, 0.1) is 30.1 Å². The third kappa shape index (κ3) is 9.29. The first-order valence-corrected chi connectivity index (χ1v) is 23.1. The van der Waals surface area contributed by atoms with Gasteiger partial charge in [-0.15, -0.1) is 0 Å². The molecular formula is C53H59NO15. The van der Waals surface area contributed by atoms with Crippen LogP contribution in [0.25, 0.3) is 0 Å². The van der Waals surface area contributed by atoms with Crippen molar-refractivity contribution in [3.63, 3.8) is 0 Å². The second kappa shape index (κ2) is 19.6. The quantitative estimate of drug-likeness (QED) is 0.0757. The lowest BCUT2D eigenvalue weighted by Crippen LogP contribution is -2.80. The van der Waals surface area contributed by atoms with Crippen molar-refractivity contribution < 1.29 is 72.3 Å². The van der Waals surface area contributed by atoms with Gasteiger partial charge in [0.1, 0.15) is 24.0 Å². The summed E-state index contributed by atoms with van der Waals surface area (Å²) < 4.78 is 30.3. The molecular weight excluding hydrogens is 891 g/mol. The number of fused-ring (bicyclic) bond motifs is 5. The number of benzene rings is 3. The van der Waals surface area contributed by atoms with Gasteiger partial charge in [0, 0.05) is 67.9 Å². The van der Waals surface area contributed by atoms with Crippen molar-refractivity contribution in [3.8, 4) is 0 Å². The molecule has 0 spiro atoms. The van der Waals surface area contributed by atoms with Crippen LogP contribution in [0.5, 0.6) is 0 Å². The lowest BCUT2D eigenvalue weighted by atomic mass is 9.42. The van der Waals surface area contributed by atoms with Gasteiger partial charge in [0.15, 0.2) is 23.3 Å². The Morgan fingerprint density at radius 3 is 1.96 bits per heavy atom. The van der Waals surface area contributed by atoms with E-state index < -0.39 is 131 Å². The summed E-state index contributed by atoms with van der Waals surface area (Å²) >= 11 is 0. The van der Waals surface area contributed by atoms with Crippen LogP contribution in [0.15, 0.2) is 102 Å². The molecule has 3 aliphatic carbocycles. The maximum atomic E-state index is 15.7. The van der Waals surface area contributed by atoms with Gasteiger partial charge in [-0.25, -0.2) is 4.79 Å². The molecule has 1 amide bonds. The van der Waals surface area contributed by atoms with Crippen molar-refractivity contribution in [2.75, 3.05) is 6.61 Å². The van der Waals surface area contributed by atoms with Crippen LogP contribution in [0.2, 0.25) is 0 Å². The molecule has 0 aromatic heterocycles. The Labute approximate surface area is 400 Å². The lowest BCUT2D eigenvalue weighted by molar-refractivity contribution is -0.339. The number of carbonyl (C=O) groups is 8. The normalized spacial score (nSPS) is 29.7. The summed E-state index contributed by atoms with van der Waals surface area (Å²) in [6, 6.07) is 23.1. The summed E-state index contributed by atoms with van der Waals surface area (Å²) in [5.41, 5.74) is -6.53. The van der Waals surface area contributed by atoms with Gasteiger partial charge >= 0.3 is 23.9 Å². The van der Waals surface area contributed by atoms with Crippen molar-refractivity contribution in [1.82, 2.24) is 5.32 Å². The fourth-order valence-corrected chi connectivity index (χ4v) is 11.4. The SMILES string of the molecule is CC(=O)CCC(=O)O[C@@H](C(=O)O[C@H]1C[C@@]2(O)C(CC(=O)c3ccccc3)C3[C@]4(OC(C)=O)COC4C[C@H](O)[C@@]3(C)C(=O)[C@H](OC(C)=O)C(=C1C)C2(C)C)[C@@H](NC(=O)c1ccccc1)c1ccccc1. The van der Waals surface area contributed by atoms with Crippen LogP contribution in [0.4, 0.5) is 0 Å². The van der Waals surface area contributed by atoms with Gasteiger partial charge in [0.25, 0.3) is 5.91 Å². The zero-order valence-corrected chi connectivity index (χ0v) is 39.7. The Morgan fingerprint density at radius 2 is 1.41 bits per heavy atom. The molecule has 16 heteroatoms. The van der Waals surface area contributed by atoms with Crippen molar-refractivity contribution in [2.24, 2.45) is 22.7 Å². The van der Waals surface area contributed by atoms with Crippen LogP contribution in [0.3, 0.4) is 0 Å². The van der Waals surface area contributed by atoms with Crippen LogP contribution in [-0.4, -0.2) is 106 Å². The van der Waals surface area contributed by atoms with Gasteiger partial charge in [-0.2, -0.15) is 0 Å². The Kier molecular flexibility index (Phi) is 14.3. The summed E-state index contributed by atoms with van der Waals surface area (Å²) in [7, 11) is 0. The van der Waals surface area contributed by atoms with Crippen LogP contribution in [-0.2, 0) is 52.5 Å². The minimum atomic E-state index is -2.25. The molecule has 3 aromatic carbocycles. The third-order valence-electron chi connectivity index (χ3n) is 14.9. The van der Waals surface area contributed by atoms with E-state index in [4.69, 9.17) is 23.7 Å². The highest BCUT2D eigenvalue weighted by molar-refractivity contribution is 5.98. The molecule has 366 valence electrons. The van der Waals surface area contributed by atoms with Crippen LogP contribution < -0.4 is 5.32 Å². The molecule has 0 radical (unpaired) electrons. The highest BCUT2D eigenvalue weighted by Gasteiger charge is 2.77. The number of ether oxygens (including phenoxy) is 5. The Morgan fingerprint density at radius 1 is 0.812 bits per heavy atom. The third-order valence-corrected chi connectivity index (χ3v) is 14.9. The molecule has 7 rings (SSSR count). The molecule has 4 aliphatic rings. The molecule has 1 aliphatic heterocycles. The molecule has 11 atom stereocenters. The first-order chi connectivity index (χ1) is 32.6. The highest BCUT2D eigenvalue weighted by atomic mass is 16.6. The lowest BCUT2D eigenvalue weighted by Gasteiger charge is -2.68. The maximum absolute atomic E-state index is 15.7. The number of rotatable bonds is 15. The van der Waals surface area contributed by atoms with Crippen LogP contribution in [0, 0.1) is 22.7 Å². The monoisotopic (exact) mass is 949 g/mol. The number of hydrogen-bond acceptors (Lipinski definition) is 15. The number of aliphatic hydroxyl groups excluding tert-OH is 1. The van der Waals surface area contributed by atoms with Crippen molar-refractivity contribution in [3.05, 3.63) is 119 Å². The highest BCUT2D eigenvalue weighted by Crippen LogP contribution is 2.66. The number of Topliss-reactive ketones (excluding diaryl/α,β-unsaturated/α-hetero) is 3. The van der Waals surface area contributed by atoms with E-state index in [0.29, 0.717) is 5.56 Å².